The summed E-state index contributed by atoms with van der Waals surface area (Å²) in [5.41, 5.74) is 7.67. The number of carbonyl (C=O) groups is 1. The molecule has 1 heterocycles. The van der Waals surface area contributed by atoms with Gasteiger partial charge in [-0.2, -0.15) is 0 Å². The minimum atomic E-state index is -0.130. The molecule has 0 aliphatic carbocycles. The molecule has 2 rings (SSSR count). The smallest absolute Gasteiger partial charge is 0.251 e. The van der Waals surface area contributed by atoms with Gasteiger partial charge in [-0.1, -0.05) is 17.9 Å². The minimum Gasteiger partial charge on any atom is -0.346 e. The Bertz CT molecular complexity index is 667. The van der Waals surface area contributed by atoms with Gasteiger partial charge in [0.2, 0.25) is 0 Å². The lowest BCUT2D eigenvalue weighted by molar-refractivity contribution is 0.0951. The van der Waals surface area contributed by atoms with Crippen molar-refractivity contribution in [2.24, 2.45) is 5.73 Å². The molecular formula is C15H15N3OS. The average molecular weight is 285 g/mol. The van der Waals surface area contributed by atoms with Crippen molar-refractivity contribution >= 4 is 17.2 Å². The fourth-order valence-corrected chi connectivity index (χ4v) is 2.34. The molecule has 0 spiro atoms. The molecule has 3 N–H and O–H groups in total. The van der Waals surface area contributed by atoms with Crippen LogP contribution in [0.5, 0.6) is 0 Å². The van der Waals surface area contributed by atoms with Crippen LogP contribution in [0.2, 0.25) is 0 Å². The Balaban J connectivity index is 2.01. The third-order valence-corrected chi connectivity index (χ3v) is 3.49. The monoisotopic (exact) mass is 285 g/mol. The number of nitrogens with one attached hydrogen (secondary N) is 1. The van der Waals surface area contributed by atoms with Gasteiger partial charge in [0.05, 0.1) is 13.1 Å². The van der Waals surface area contributed by atoms with Gasteiger partial charge in [0, 0.05) is 22.2 Å². The summed E-state index contributed by atoms with van der Waals surface area (Å²) in [6, 6.07) is 7.17. The second-order valence-corrected chi connectivity index (χ2v) is 5.09. The van der Waals surface area contributed by atoms with E-state index in [9.17, 15) is 4.79 Å². The standard InChI is InChI=1S/C15H15N3OS/c1-11-10-20-14(18-11)9-17-15(19)13-6-2-4-12(8-13)5-3-7-16/h2,4,6,8,10H,7,9,16H2,1H3,(H,17,19). The topological polar surface area (TPSA) is 68.0 Å². The Labute approximate surface area is 122 Å². The lowest BCUT2D eigenvalue weighted by Crippen LogP contribution is -2.22. The molecule has 0 saturated heterocycles. The molecule has 0 fully saturated rings. The van der Waals surface area contributed by atoms with E-state index < -0.39 is 0 Å². The number of carbonyl (C=O) groups excluding carboxylic acids is 1. The molecule has 0 saturated carbocycles. The number of aryl methyl sites for hydroxylation is 1. The highest BCUT2D eigenvalue weighted by Crippen LogP contribution is 2.09. The summed E-state index contributed by atoms with van der Waals surface area (Å²) in [6.45, 7) is 2.68. The first-order chi connectivity index (χ1) is 9.69. The summed E-state index contributed by atoms with van der Waals surface area (Å²) < 4.78 is 0. The third kappa shape index (κ3) is 3.92. The van der Waals surface area contributed by atoms with E-state index in [4.69, 9.17) is 5.73 Å². The maximum Gasteiger partial charge on any atom is 0.251 e. The van der Waals surface area contributed by atoms with Crippen molar-refractivity contribution in [1.82, 2.24) is 10.3 Å². The molecule has 20 heavy (non-hydrogen) atoms. The molecular weight excluding hydrogens is 270 g/mol. The van der Waals surface area contributed by atoms with Crippen molar-refractivity contribution in [1.29, 1.82) is 0 Å². The van der Waals surface area contributed by atoms with Crippen LogP contribution in [0, 0.1) is 18.8 Å². The van der Waals surface area contributed by atoms with Crippen molar-refractivity contribution < 1.29 is 4.79 Å². The van der Waals surface area contributed by atoms with E-state index in [1.54, 1.807) is 12.1 Å². The predicted molar refractivity (Wildman–Crippen MR) is 80.4 cm³/mol. The van der Waals surface area contributed by atoms with E-state index in [0.29, 0.717) is 18.7 Å². The largest absolute Gasteiger partial charge is 0.346 e. The summed E-state index contributed by atoms with van der Waals surface area (Å²) >= 11 is 1.54. The average Bonchev–Trinajstić information content (AvgIpc) is 2.88. The Morgan fingerprint density at radius 2 is 2.35 bits per heavy atom. The quantitative estimate of drug-likeness (QED) is 0.843. The van der Waals surface area contributed by atoms with Gasteiger partial charge in [0.25, 0.3) is 5.91 Å². The van der Waals surface area contributed by atoms with Gasteiger partial charge in [0.1, 0.15) is 5.01 Å². The van der Waals surface area contributed by atoms with Gasteiger partial charge in [-0.3, -0.25) is 4.79 Å². The van der Waals surface area contributed by atoms with Crippen LogP contribution < -0.4 is 11.1 Å². The highest BCUT2D eigenvalue weighted by Gasteiger charge is 2.06. The van der Waals surface area contributed by atoms with E-state index in [1.165, 1.54) is 11.3 Å². The van der Waals surface area contributed by atoms with E-state index in [2.05, 4.69) is 22.1 Å². The summed E-state index contributed by atoms with van der Waals surface area (Å²) in [5.74, 6) is 5.55. The van der Waals surface area contributed by atoms with Crippen LogP contribution in [0.15, 0.2) is 29.6 Å². The number of benzene rings is 1. The molecule has 1 aromatic heterocycles. The molecule has 0 aliphatic rings. The second-order valence-electron chi connectivity index (χ2n) is 4.15. The number of rotatable bonds is 3. The fourth-order valence-electron chi connectivity index (χ4n) is 1.63. The molecule has 0 atom stereocenters. The van der Waals surface area contributed by atoms with Crippen LogP contribution in [0.4, 0.5) is 0 Å². The first kappa shape index (κ1) is 14.3. The van der Waals surface area contributed by atoms with Gasteiger partial charge in [-0.05, 0) is 25.1 Å². The molecule has 1 aromatic carbocycles. The highest BCUT2D eigenvalue weighted by atomic mass is 32.1. The van der Waals surface area contributed by atoms with Gasteiger partial charge in [-0.25, -0.2) is 4.98 Å². The van der Waals surface area contributed by atoms with Crippen LogP contribution in [-0.4, -0.2) is 17.4 Å². The molecule has 2 aromatic rings. The number of hydrogen-bond donors (Lipinski definition) is 2. The summed E-state index contributed by atoms with van der Waals surface area (Å²) in [5, 5.41) is 5.71. The lowest BCUT2D eigenvalue weighted by Gasteiger charge is -2.03. The van der Waals surface area contributed by atoms with Crippen molar-refractivity contribution in [3.63, 3.8) is 0 Å². The number of nitrogens with two attached hydrogens (primary N) is 1. The highest BCUT2D eigenvalue weighted by molar-refractivity contribution is 7.09. The number of nitrogens with zero attached hydrogens (tertiary/aromatic N) is 1. The van der Waals surface area contributed by atoms with Crippen molar-refractivity contribution in [2.45, 2.75) is 13.5 Å². The van der Waals surface area contributed by atoms with Gasteiger partial charge in [-0.15, -0.1) is 11.3 Å². The van der Waals surface area contributed by atoms with Crippen molar-refractivity contribution in [3.05, 3.63) is 51.5 Å². The zero-order chi connectivity index (χ0) is 14.4. The van der Waals surface area contributed by atoms with Crippen LogP contribution in [0.3, 0.4) is 0 Å². The zero-order valence-electron chi connectivity index (χ0n) is 11.1. The Morgan fingerprint density at radius 1 is 1.50 bits per heavy atom. The summed E-state index contributed by atoms with van der Waals surface area (Å²) in [7, 11) is 0. The SMILES string of the molecule is Cc1csc(CNC(=O)c2cccc(C#CCN)c2)n1. The van der Waals surface area contributed by atoms with Crippen LogP contribution in [-0.2, 0) is 6.54 Å². The minimum absolute atomic E-state index is 0.130. The molecule has 0 unspecified atom stereocenters. The molecule has 0 radical (unpaired) electrons. The van der Waals surface area contributed by atoms with Crippen LogP contribution in [0.1, 0.15) is 26.6 Å². The van der Waals surface area contributed by atoms with Crippen molar-refractivity contribution in [2.75, 3.05) is 6.54 Å². The molecule has 1 amide bonds. The Hall–Kier alpha value is -2.16. The third-order valence-electron chi connectivity index (χ3n) is 2.53. The molecule has 0 aliphatic heterocycles. The maximum absolute atomic E-state index is 12.0. The normalized spacial score (nSPS) is 9.70. The van der Waals surface area contributed by atoms with E-state index in [-0.39, 0.29) is 5.91 Å². The van der Waals surface area contributed by atoms with Crippen LogP contribution >= 0.6 is 11.3 Å². The molecule has 0 bridgehead atoms. The molecule has 102 valence electrons. The second kappa shape index (κ2) is 6.85. The predicted octanol–water partition coefficient (Wildman–Crippen LogP) is 1.69. The van der Waals surface area contributed by atoms with Gasteiger partial charge >= 0.3 is 0 Å². The fraction of sp³-hybridized carbons (Fsp3) is 0.200. The Morgan fingerprint density at radius 3 is 3.05 bits per heavy atom. The number of aromatic nitrogens is 1. The first-order valence-corrected chi connectivity index (χ1v) is 7.05. The Kier molecular flexibility index (Phi) is 4.88. The van der Waals surface area contributed by atoms with Gasteiger partial charge < -0.3 is 11.1 Å². The van der Waals surface area contributed by atoms with Crippen LogP contribution in [0.25, 0.3) is 0 Å². The number of amides is 1. The number of thiazole rings is 1. The lowest BCUT2D eigenvalue weighted by atomic mass is 10.1. The summed E-state index contributed by atoms with van der Waals surface area (Å²) in [6.07, 6.45) is 0. The van der Waals surface area contributed by atoms with Gasteiger partial charge in [0.15, 0.2) is 0 Å². The maximum atomic E-state index is 12.0. The van der Waals surface area contributed by atoms with E-state index in [1.807, 2.05) is 24.4 Å². The first-order valence-electron chi connectivity index (χ1n) is 6.17. The molecule has 4 nitrogen and oxygen atoms in total. The molecule has 5 heteroatoms. The van der Waals surface area contributed by atoms with E-state index >= 15 is 0 Å². The zero-order valence-corrected chi connectivity index (χ0v) is 12.0. The van der Waals surface area contributed by atoms with Crippen molar-refractivity contribution in [3.8, 4) is 11.8 Å². The van der Waals surface area contributed by atoms with E-state index in [0.717, 1.165) is 16.3 Å². The number of hydrogen-bond acceptors (Lipinski definition) is 4. The summed E-state index contributed by atoms with van der Waals surface area (Å²) in [4.78, 5) is 16.3.